The second kappa shape index (κ2) is 5.41. The summed E-state index contributed by atoms with van der Waals surface area (Å²) >= 11 is 5.81. The molecule has 0 aliphatic carbocycles. The van der Waals surface area contributed by atoms with Gasteiger partial charge in [0.15, 0.2) is 0 Å². The van der Waals surface area contributed by atoms with Gasteiger partial charge in [0.05, 0.1) is 16.9 Å². The molecule has 2 aromatic rings. The Morgan fingerprint density at radius 3 is 2.55 bits per heavy atom. The van der Waals surface area contributed by atoms with Crippen LogP contribution in [0.2, 0.25) is 5.02 Å². The number of nitrogen functional groups attached to an aromatic ring is 1. The van der Waals surface area contributed by atoms with Gasteiger partial charge < -0.3 is 5.73 Å². The molecule has 0 aromatic heterocycles. The lowest BCUT2D eigenvalue weighted by molar-refractivity contribution is 0.601. The smallest absolute Gasteiger partial charge is 0.263 e. The summed E-state index contributed by atoms with van der Waals surface area (Å²) in [4.78, 5) is -0.0520. The van der Waals surface area contributed by atoms with Gasteiger partial charge >= 0.3 is 0 Å². The lowest BCUT2D eigenvalue weighted by Gasteiger charge is -2.11. The van der Waals surface area contributed by atoms with Crippen molar-refractivity contribution in [2.45, 2.75) is 4.90 Å². The van der Waals surface area contributed by atoms with Crippen molar-refractivity contribution in [3.05, 3.63) is 53.1 Å². The fourth-order valence-corrected chi connectivity index (χ4v) is 3.00. The Labute approximate surface area is 121 Å². The molecule has 0 saturated heterocycles. The molecule has 102 valence electrons. The normalized spacial score (nSPS) is 10.8. The summed E-state index contributed by atoms with van der Waals surface area (Å²) < 4.78 is 26.8. The van der Waals surface area contributed by atoms with E-state index in [1.54, 1.807) is 12.1 Å². The predicted molar refractivity (Wildman–Crippen MR) is 77.8 cm³/mol. The van der Waals surface area contributed by atoms with E-state index < -0.39 is 10.0 Å². The van der Waals surface area contributed by atoms with Crippen LogP contribution in [0.3, 0.4) is 0 Å². The Balaban J connectivity index is 2.47. The van der Waals surface area contributed by atoms with E-state index in [0.29, 0.717) is 5.02 Å². The highest BCUT2D eigenvalue weighted by Gasteiger charge is 2.18. The lowest BCUT2D eigenvalue weighted by atomic mass is 10.2. The molecule has 0 radical (unpaired) electrons. The third-order valence-corrected chi connectivity index (χ3v) is 4.23. The van der Waals surface area contributed by atoms with Gasteiger partial charge in [-0.05, 0) is 30.3 Å². The van der Waals surface area contributed by atoms with Gasteiger partial charge in [-0.1, -0.05) is 23.7 Å². The molecule has 0 aliphatic heterocycles. The highest BCUT2D eigenvalue weighted by atomic mass is 35.5. The number of hydrogen-bond acceptors (Lipinski definition) is 4. The number of nitriles is 1. The van der Waals surface area contributed by atoms with E-state index in [4.69, 9.17) is 22.6 Å². The zero-order chi connectivity index (χ0) is 14.8. The topological polar surface area (TPSA) is 96.0 Å². The maximum absolute atomic E-state index is 12.3. The predicted octanol–water partition coefficient (Wildman–Crippen LogP) is 2.59. The molecule has 0 bridgehead atoms. The molecule has 3 N–H and O–H groups in total. The monoisotopic (exact) mass is 307 g/mol. The number of nitrogens with zero attached hydrogens (tertiary/aromatic N) is 1. The third kappa shape index (κ3) is 2.85. The van der Waals surface area contributed by atoms with Crippen LogP contribution in [-0.2, 0) is 10.0 Å². The first-order chi connectivity index (χ1) is 9.44. The van der Waals surface area contributed by atoms with E-state index in [0.717, 1.165) is 0 Å². The minimum Gasteiger partial charge on any atom is -0.398 e. The summed E-state index contributed by atoms with van der Waals surface area (Å²) in [5.41, 5.74) is 6.06. The summed E-state index contributed by atoms with van der Waals surface area (Å²) in [6.45, 7) is 0. The van der Waals surface area contributed by atoms with Crippen LogP contribution in [0.4, 0.5) is 11.4 Å². The molecule has 2 aromatic carbocycles. The molecule has 2 rings (SSSR count). The number of hydrogen-bond donors (Lipinski definition) is 2. The first-order valence-corrected chi connectivity index (χ1v) is 7.37. The van der Waals surface area contributed by atoms with E-state index in [1.165, 1.54) is 30.3 Å². The number of halogens is 1. The van der Waals surface area contributed by atoms with Crippen molar-refractivity contribution in [2.24, 2.45) is 0 Å². The van der Waals surface area contributed by atoms with Crippen molar-refractivity contribution in [3.63, 3.8) is 0 Å². The van der Waals surface area contributed by atoms with Crippen LogP contribution >= 0.6 is 11.6 Å². The van der Waals surface area contributed by atoms with Crippen LogP contribution in [0.15, 0.2) is 47.4 Å². The Morgan fingerprint density at radius 1 is 1.20 bits per heavy atom. The van der Waals surface area contributed by atoms with E-state index in [-0.39, 0.29) is 21.8 Å². The van der Waals surface area contributed by atoms with Gasteiger partial charge in [0.1, 0.15) is 11.0 Å². The summed E-state index contributed by atoms with van der Waals surface area (Å²) in [6.07, 6.45) is 0. The number of rotatable bonds is 3. The Hall–Kier alpha value is -2.23. The molecule has 7 heteroatoms. The zero-order valence-electron chi connectivity index (χ0n) is 10.2. The maximum atomic E-state index is 12.3. The van der Waals surface area contributed by atoms with Crippen molar-refractivity contribution < 1.29 is 8.42 Å². The number of anilines is 2. The quantitative estimate of drug-likeness (QED) is 0.852. The average molecular weight is 308 g/mol. The van der Waals surface area contributed by atoms with Crippen molar-refractivity contribution >= 4 is 33.0 Å². The first-order valence-electron chi connectivity index (χ1n) is 5.51. The van der Waals surface area contributed by atoms with E-state index >= 15 is 0 Å². The van der Waals surface area contributed by atoms with Crippen molar-refractivity contribution in [2.75, 3.05) is 10.5 Å². The summed E-state index contributed by atoms with van der Waals surface area (Å²) in [5.74, 6) is 0. The van der Waals surface area contributed by atoms with Crippen molar-refractivity contribution in [3.8, 4) is 6.07 Å². The molecular weight excluding hydrogens is 298 g/mol. The number of nitrogens with one attached hydrogen (secondary N) is 1. The standard InChI is InChI=1S/C13H10ClN3O2S/c14-10-6-5-9(8-15)12(7-10)17-20(18,19)13-4-2-1-3-11(13)16/h1-7,17H,16H2. The first kappa shape index (κ1) is 14.2. The van der Waals surface area contributed by atoms with Gasteiger partial charge in [0, 0.05) is 5.02 Å². The molecule has 0 atom stereocenters. The molecule has 0 amide bonds. The molecular formula is C13H10ClN3O2S. The molecule has 5 nitrogen and oxygen atoms in total. The van der Waals surface area contributed by atoms with Crippen LogP contribution in [-0.4, -0.2) is 8.42 Å². The molecule has 0 spiro atoms. The largest absolute Gasteiger partial charge is 0.398 e. The summed E-state index contributed by atoms with van der Waals surface area (Å²) in [6, 6.07) is 12.3. The van der Waals surface area contributed by atoms with Crippen LogP contribution < -0.4 is 10.5 Å². The van der Waals surface area contributed by atoms with Crippen LogP contribution in [0.5, 0.6) is 0 Å². The van der Waals surface area contributed by atoms with Gasteiger partial charge in [-0.25, -0.2) is 8.42 Å². The molecule has 0 unspecified atom stereocenters. The third-order valence-electron chi connectivity index (χ3n) is 2.55. The fourth-order valence-electron chi connectivity index (χ4n) is 1.62. The second-order valence-corrected chi connectivity index (χ2v) is 6.03. The maximum Gasteiger partial charge on any atom is 0.263 e. The summed E-state index contributed by atoms with van der Waals surface area (Å²) in [5, 5.41) is 9.30. The SMILES string of the molecule is N#Cc1ccc(Cl)cc1NS(=O)(=O)c1ccccc1N. The number of sulfonamides is 1. The average Bonchev–Trinajstić information content (AvgIpc) is 2.39. The Kier molecular flexibility index (Phi) is 3.84. The van der Waals surface area contributed by atoms with Crippen molar-refractivity contribution in [1.29, 1.82) is 5.26 Å². The molecule has 0 fully saturated rings. The Bertz CT molecular complexity index is 798. The van der Waals surface area contributed by atoms with E-state index in [1.807, 2.05) is 6.07 Å². The van der Waals surface area contributed by atoms with Crippen LogP contribution in [0, 0.1) is 11.3 Å². The highest BCUT2D eigenvalue weighted by molar-refractivity contribution is 7.92. The van der Waals surface area contributed by atoms with Gasteiger partial charge in [-0.3, -0.25) is 4.72 Å². The van der Waals surface area contributed by atoms with E-state index in [2.05, 4.69) is 4.72 Å². The van der Waals surface area contributed by atoms with Gasteiger partial charge in [-0.2, -0.15) is 5.26 Å². The number of benzene rings is 2. The van der Waals surface area contributed by atoms with Gasteiger partial charge in [0.2, 0.25) is 0 Å². The van der Waals surface area contributed by atoms with Crippen LogP contribution in [0.1, 0.15) is 5.56 Å². The zero-order valence-corrected chi connectivity index (χ0v) is 11.7. The number of para-hydroxylation sites is 1. The van der Waals surface area contributed by atoms with Crippen molar-refractivity contribution in [1.82, 2.24) is 0 Å². The molecule has 20 heavy (non-hydrogen) atoms. The second-order valence-electron chi connectivity index (χ2n) is 3.95. The molecule has 0 saturated carbocycles. The minimum atomic E-state index is -3.88. The number of nitrogens with two attached hydrogens (primary N) is 1. The summed E-state index contributed by atoms with van der Waals surface area (Å²) in [7, 11) is -3.88. The van der Waals surface area contributed by atoms with Crippen LogP contribution in [0.25, 0.3) is 0 Å². The lowest BCUT2D eigenvalue weighted by Crippen LogP contribution is -2.15. The molecule has 0 heterocycles. The molecule has 0 aliphatic rings. The Morgan fingerprint density at radius 2 is 1.90 bits per heavy atom. The fraction of sp³-hybridized carbons (Fsp3) is 0. The highest BCUT2D eigenvalue weighted by Crippen LogP contribution is 2.25. The van der Waals surface area contributed by atoms with Gasteiger partial charge in [0.25, 0.3) is 10.0 Å². The minimum absolute atomic E-state index is 0.0520. The van der Waals surface area contributed by atoms with Gasteiger partial charge in [-0.15, -0.1) is 0 Å². The van der Waals surface area contributed by atoms with E-state index in [9.17, 15) is 8.42 Å².